The average Bonchev–Trinajstić information content (AvgIpc) is 3.24. The van der Waals surface area contributed by atoms with Crippen LogP contribution < -0.4 is 10.6 Å². The number of nitrogens with one attached hydrogen (secondary N) is 2. The van der Waals surface area contributed by atoms with Crippen molar-refractivity contribution in [2.24, 2.45) is 0 Å². The van der Waals surface area contributed by atoms with E-state index in [-0.39, 0.29) is 18.0 Å². The van der Waals surface area contributed by atoms with Gasteiger partial charge in [-0.2, -0.15) is 4.98 Å². The molecule has 0 aliphatic carbocycles. The van der Waals surface area contributed by atoms with Gasteiger partial charge >= 0.3 is 0 Å². The van der Waals surface area contributed by atoms with E-state index in [0.29, 0.717) is 42.8 Å². The van der Waals surface area contributed by atoms with E-state index in [4.69, 9.17) is 4.52 Å². The molecule has 1 heterocycles. The zero-order valence-corrected chi connectivity index (χ0v) is 17.5. The second-order valence-electron chi connectivity index (χ2n) is 7.34. The van der Waals surface area contributed by atoms with Gasteiger partial charge in [0.15, 0.2) is 0 Å². The molecule has 0 saturated heterocycles. The van der Waals surface area contributed by atoms with Gasteiger partial charge in [-0.25, -0.2) is 0 Å². The minimum Gasteiger partial charge on any atom is -0.378 e. The third-order valence-corrected chi connectivity index (χ3v) is 4.73. The third-order valence-electron chi connectivity index (χ3n) is 4.73. The van der Waals surface area contributed by atoms with Gasteiger partial charge < -0.3 is 15.2 Å². The minimum absolute atomic E-state index is 0.000120. The molecule has 2 N–H and O–H groups in total. The van der Waals surface area contributed by atoms with Crippen molar-refractivity contribution in [3.8, 4) is 11.4 Å². The van der Waals surface area contributed by atoms with E-state index in [1.807, 2.05) is 24.3 Å². The monoisotopic (exact) mass is 423 g/mol. The number of para-hydroxylation sites is 2. The van der Waals surface area contributed by atoms with E-state index in [1.54, 1.807) is 18.2 Å². The first-order chi connectivity index (χ1) is 14.9. The van der Waals surface area contributed by atoms with Gasteiger partial charge in [-0.1, -0.05) is 55.4 Å². The number of carbonyl (C=O) groups excluding carboxylic acids is 1. The zero-order chi connectivity index (χ0) is 22.2. The van der Waals surface area contributed by atoms with Crippen LogP contribution >= 0.6 is 0 Å². The number of carbonyl (C=O) groups is 1. The van der Waals surface area contributed by atoms with E-state index in [0.717, 1.165) is 5.56 Å². The fourth-order valence-corrected chi connectivity index (χ4v) is 2.98. The number of benzene rings is 2. The fourth-order valence-electron chi connectivity index (χ4n) is 2.98. The van der Waals surface area contributed by atoms with Crippen LogP contribution in [0.25, 0.3) is 11.4 Å². The maximum Gasteiger partial charge on any atom is 0.292 e. The van der Waals surface area contributed by atoms with Gasteiger partial charge in [0, 0.05) is 37.6 Å². The van der Waals surface area contributed by atoms with Crippen molar-refractivity contribution in [1.29, 1.82) is 0 Å². The highest BCUT2D eigenvalue weighted by molar-refractivity contribution is 5.76. The molecule has 9 heteroatoms. The van der Waals surface area contributed by atoms with Crippen LogP contribution in [-0.4, -0.2) is 34.1 Å². The molecule has 0 saturated carbocycles. The summed E-state index contributed by atoms with van der Waals surface area (Å²) in [5, 5.41) is 20.7. The summed E-state index contributed by atoms with van der Waals surface area (Å²) >= 11 is 0. The molecule has 0 aliphatic heterocycles. The first-order valence-corrected chi connectivity index (χ1v) is 10.1. The van der Waals surface area contributed by atoms with Crippen molar-refractivity contribution in [3.63, 3.8) is 0 Å². The smallest absolute Gasteiger partial charge is 0.292 e. The fraction of sp³-hybridized carbons (Fsp3) is 0.318. The van der Waals surface area contributed by atoms with Crippen LogP contribution in [0.3, 0.4) is 0 Å². The molecule has 0 unspecified atom stereocenters. The number of aryl methyl sites for hydroxylation is 1. The third kappa shape index (κ3) is 6.11. The number of hydrogen-bond acceptors (Lipinski definition) is 7. The van der Waals surface area contributed by atoms with E-state index in [1.165, 1.54) is 11.6 Å². The SMILES string of the molecule is CC(C)c1ccc(-c2noc(CCC(=O)NCCNc3ccccc3[N+](=O)[O-])n2)cc1. The minimum atomic E-state index is -0.446. The van der Waals surface area contributed by atoms with Crippen molar-refractivity contribution in [3.05, 3.63) is 70.1 Å². The predicted octanol–water partition coefficient (Wildman–Crippen LogP) is 3.93. The molecular weight excluding hydrogens is 398 g/mol. The number of nitro groups is 1. The lowest BCUT2D eigenvalue weighted by molar-refractivity contribution is -0.384. The van der Waals surface area contributed by atoms with Crippen LogP contribution in [0.4, 0.5) is 11.4 Å². The van der Waals surface area contributed by atoms with Crippen molar-refractivity contribution in [2.75, 3.05) is 18.4 Å². The number of aromatic nitrogens is 2. The second kappa shape index (κ2) is 10.3. The molecule has 0 atom stereocenters. The van der Waals surface area contributed by atoms with Gasteiger partial charge in [0.2, 0.25) is 17.6 Å². The van der Waals surface area contributed by atoms with Crippen LogP contribution in [0.2, 0.25) is 0 Å². The summed E-state index contributed by atoms with van der Waals surface area (Å²) < 4.78 is 5.25. The zero-order valence-electron chi connectivity index (χ0n) is 17.5. The number of amides is 1. The number of hydrogen-bond donors (Lipinski definition) is 2. The van der Waals surface area contributed by atoms with Crippen molar-refractivity contribution in [2.45, 2.75) is 32.6 Å². The lowest BCUT2D eigenvalue weighted by Gasteiger charge is -2.08. The molecule has 0 radical (unpaired) electrons. The van der Waals surface area contributed by atoms with Gasteiger partial charge in [-0.3, -0.25) is 14.9 Å². The lowest BCUT2D eigenvalue weighted by atomic mass is 10.0. The van der Waals surface area contributed by atoms with E-state index in [2.05, 4.69) is 34.6 Å². The summed E-state index contributed by atoms with van der Waals surface area (Å²) in [6.07, 6.45) is 0.542. The maximum atomic E-state index is 12.0. The summed E-state index contributed by atoms with van der Waals surface area (Å²) in [4.78, 5) is 26.9. The van der Waals surface area contributed by atoms with Crippen LogP contribution in [0, 0.1) is 10.1 Å². The average molecular weight is 423 g/mol. The van der Waals surface area contributed by atoms with E-state index >= 15 is 0 Å². The highest BCUT2D eigenvalue weighted by atomic mass is 16.6. The molecule has 31 heavy (non-hydrogen) atoms. The summed E-state index contributed by atoms with van der Waals surface area (Å²) in [6, 6.07) is 14.4. The first-order valence-electron chi connectivity index (χ1n) is 10.1. The molecule has 162 valence electrons. The Labute approximate surface area is 180 Å². The van der Waals surface area contributed by atoms with Gasteiger partial charge in [0.05, 0.1) is 4.92 Å². The van der Waals surface area contributed by atoms with Crippen LogP contribution in [0.1, 0.15) is 37.6 Å². The normalized spacial score (nSPS) is 10.8. The van der Waals surface area contributed by atoms with Gasteiger partial charge in [-0.05, 0) is 17.5 Å². The van der Waals surface area contributed by atoms with Crippen molar-refractivity contribution in [1.82, 2.24) is 15.5 Å². The number of anilines is 1. The van der Waals surface area contributed by atoms with E-state index < -0.39 is 4.92 Å². The number of nitro benzene ring substituents is 1. The molecule has 3 rings (SSSR count). The summed E-state index contributed by atoms with van der Waals surface area (Å²) in [5.74, 6) is 1.19. The lowest BCUT2D eigenvalue weighted by Crippen LogP contribution is -2.29. The van der Waals surface area contributed by atoms with Crippen molar-refractivity contribution >= 4 is 17.3 Å². The Kier molecular flexibility index (Phi) is 7.31. The topological polar surface area (TPSA) is 123 Å². The molecule has 1 aromatic heterocycles. The predicted molar refractivity (Wildman–Crippen MR) is 117 cm³/mol. The standard InChI is InChI=1S/C22H25N5O4/c1-15(2)16-7-9-17(10-8-16)22-25-21(31-26-22)12-11-20(28)24-14-13-23-18-5-3-4-6-19(18)27(29)30/h3-10,15,23H,11-14H2,1-2H3,(H,24,28). The first kappa shape index (κ1) is 21.9. The molecular formula is C22H25N5O4. The van der Waals surface area contributed by atoms with E-state index in [9.17, 15) is 14.9 Å². The largest absolute Gasteiger partial charge is 0.378 e. The Hall–Kier alpha value is -3.75. The van der Waals surface area contributed by atoms with Gasteiger partial charge in [0.1, 0.15) is 5.69 Å². The second-order valence-corrected chi connectivity index (χ2v) is 7.34. The van der Waals surface area contributed by atoms with Crippen molar-refractivity contribution < 1.29 is 14.2 Å². The summed E-state index contributed by atoms with van der Waals surface area (Å²) in [6.45, 7) is 4.97. The number of nitrogens with zero attached hydrogens (tertiary/aromatic N) is 3. The van der Waals surface area contributed by atoms with Crippen LogP contribution in [0.5, 0.6) is 0 Å². The Balaban J connectivity index is 1.42. The molecule has 9 nitrogen and oxygen atoms in total. The van der Waals surface area contributed by atoms with Crippen LogP contribution in [0.15, 0.2) is 53.1 Å². The van der Waals surface area contributed by atoms with Gasteiger partial charge in [0.25, 0.3) is 5.69 Å². The van der Waals surface area contributed by atoms with Gasteiger partial charge in [-0.15, -0.1) is 0 Å². The molecule has 3 aromatic rings. The Morgan fingerprint density at radius 2 is 1.87 bits per heavy atom. The molecule has 0 bridgehead atoms. The quantitative estimate of drug-likeness (QED) is 0.288. The Bertz CT molecular complexity index is 1030. The molecule has 2 aromatic carbocycles. The maximum absolute atomic E-state index is 12.0. The van der Waals surface area contributed by atoms with Crippen LogP contribution in [-0.2, 0) is 11.2 Å². The highest BCUT2D eigenvalue weighted by Crippen LogP contribution is 2.23. The summed E-state index contributed by atoms with van der Waals surface area (Å²) in [5.41, 5.74) is 2.52. The molecule has 0 spiro atoms. The Morgan fingerprint density at radius 3 is 2.58 bits per heavy atom. The number of rotatable bonds is 10. The Morgan fingerprint density at radius 1 is 1.13 bits per heavy atom. The summed E-state index contributed by atoms with van der Waals surface area (Å²) in [7, 11) is 0. The highest BCUT2D eigenvalue weighted by Gasteiger charge is 2.13. The molecule has 0 fully saturated rings. The molecule has 0 aliphatic rings. The molecule has 1 amide bonds.